The molecule has 21 heavy (non-hydrogen) atoms. The highest BCUT2D eigenvalue weighted by atomic mass is 35.5. The third-order valence-electron chi connectivity index (χ3n) is 3.32. The maximum absolute atomic E-state index is 12.0. The summed E-state index contributed by atoms with van der Waals surface area (Å²) in [7, 11) is 0. The summed E-state index contributed by atoms with van der Waals surface area (Å²) in [6, 6.07) is 10.8. The molecule has 1 aliphatic heterocycles. The minimum absolute atomic E-state index is 0.119. The standard InChI is InChI=1S/C15H12Cl2N2O2/c16-9-15(20)19-13(10-3-1-4-11(17)7-10)8-12(18-19)14-5-2-6-21-14/h1-7,13H,8-9H2/t13-/m1/s1. The van der Waals surface area contributed by atoms with Crippen LogP contribution in [0.15, 0.2) is 52.2 Å². The zero-order valence-corrected chi connectivity index (χ0v) is 12.5. The van der Waals surface area contributed by atoms with Crippen molar-refractivity contribution in [2.45, 2.75) is 12.5 Å². The predicted octanol–water partition coefficient (Wildman–Crippen LogP) is 3.85. The lowest BCUT2D eigenvalue weighted by Crippen LogP contribution is -2.27. The number of benzene rings is 1. The Hall–Kier alpha value is -1.78. The fourth-order valence-corrected chi connectivity index (χ4v) is 2.69. The molecule has 0 saturated carbocycles. The van der Waals surface area contributed by atoms with Crippen LogP contribution in [0.4, 0.5) is 0 Å². The molecule has 0 radical (unpaired) electrons. The predicted molar refractivity (Wildman–Crippen MR) is 81.6 cm³/mol. The molecule has 4 nitrogen and oxygen atoms in total. The van der Waals surface area contributed by atoms with Crippen molar-refractivity contribution in [3.05, 3.63) is 59.0 Å². The molecule has 0 spiro atoms. The van der Waals surface area contributed by atoms with Gasteiger partial charge in [-0.15, -0.1) is 11.6 Å². The summed E-state index contributed by atoms with van der Waals surface area (Å²) in [5.41, 5.74) is 1.65. The van der Waals surface area contributed by atoms with Gasteiger partial charge in [0.05, 0.1) is 12.3 Å². The molecule has 2 heterocycles. The van der Waals surface area contributed by atoms with Crippen LogP contribution >= 0.6 is 23.2 Å². The number of hydrazone groups is 1. The second-order valence-electron chi connectivity index (χ2n) is 4.67. The molecule has 1 atom stereocenters. The summed E-state index contributed by atoms with van der Waals surface area (Å²) in [6.07, 6.45) is 2.15. The van der Waals surface area contributed by atoms with Gasteiger partial charge in [0, 0.05) is 11.4 Å². The number of rotatable bonds is 3. The first-order valence-corrected chi connectivity index (χ1v) is 7.35. The second-order valence-corrected chi connectivity index (χ2v) is 5.37. The molecule has 1 aromatic heterocycles. The summed E-state index contributed by atoms with van der Waals surface area (Å²) >= 11 is 11.7. The van der Waals surface area contributed by atoms with Crippen molar-refractivity contribution < 1.29 is 9.21 Å². The molecule has 6 heteroatoms. The zero-order valence-electron chi connectivity index (χ0n) is 11.0. The average Bonchev–Trinajstić information content (AvgIpc) is 3.15. The van der Waals surface area contributed by atoms with Crippen molar-refractivity contribution in [2.75, 3.05) is 5.88 Å². The summed E-state index contributed by atoms with van der Waals surface area (Å²) in [6.45, 7) is 0. The van der Waals surface area contributed by atoms with Gasteiger partial charge < -0.3 is 4.42 Å². The van der Waals surface area contributed by atoms with E-state index in [9.17, 15) is 4.79 Å². The van der Waals surface area contributed by atoms with Crippen LogP contribution in [-0.4, -0.2) is 22.5 Å². The lowest BCUT2D eigenvalue weighted by molar-refractivity contribution is -0.130. The first kappa shape index (κ1) is 14.2. The van der Waals surface area contributed by atoms with Crippen molar-refractivity contribution in [2.24, 2.45) is 5.10 Å². The van der Waals surface area contributed by atoms with Gasteiger partial charge in [-0.1, -0.05) is 23.7 Å². The first-order valence-electron chi connectivity index (χ1n) is 6.44. The lowest BCUT2D eigenvalue weighted by Gasteiger charge is -2.21. The zero-order chi connectivity index (χ0) is 14.8. The van der Waals surface area contributed by atoms with Gasteiger partial charge in [0.1, 0.15) is 17.4 Å². The normalized spacial score (nSPS) is 17.9. The molecule has 0 aliphatic carbocycles. The van der Waals surface area contributed by atoms with E-state index in [1.165, 1.54) is 5.01 Å². The molecule has 1 aromatic carbocycles. The van der Waals surface area contributed by atoms with E-state index in [4.69, 9.17) is 27.6 Å². The van der Waals surface area contributed by atoms with E-state index in [1.807, 2.05) is 24.3 Å². The Morgan fingerprint density at radius 3 is 2.90 bits per heavy atom. The van der Waals surface area contributed by atoms with Crippen molar-refractivity contribution >= 4 is 34.8 Å². The SMILES string of the molecule is O=C(CCl)N1N=C(c2ccco2)C[C@@H]1c1cccc(Cl)c1. The molecule has 0 fully saturated rings. The highest BCUT2D eigenvalue weighted by Gasteiger charge is 2.33. The number of nitrogens with zero attached hydrogens (tertiary/aromatic N) is 2. The lowest BCUT2D eigenvalue weighted by atomic mass is 10.0. The number of alkyl halides is 1. The van der Waals surface area contributed by atoms with Crippen LogP contribution < -0.4 is 0 Å². The number of hydrogen-bond donors (Lipinski definition) is 0. The molecule has 108 valence electrons. The van der Waals surface area contributed by atoms with Gasteiger partial charge in [0.2, 0.25) is 0 Å². The molecular formula is C15H12Cl2N2O2. The Labute approximate surface area is 131 Å². The van der Waals surface area contributed by atoms with Crippen molar-refractivity contribution in [1.29, 1.82) is 0 Å². The van der Waals surface area contributed by atoms with E-state index in [2.05, 4.69) is 5.10 Å². The molecule has 0 saturated heterocycles. The Balaban J connectivity index is 1.95. The third kappa shape index (κ3) is 2.82. The van der Waals surface area contributed by atoms with Crippen LogP contribution in [0.25, 0.3) is 0 Å². The van der Waals surface area contributed by atoms with Crippen LogP contribution in [0.5, 0.6) is 0 Å². The van der Waals surface area contributed by atoms with Gasteiger partial charge >= 0.3 is 0 Å². The van der Waals surface area contributed by atoms with E-state index in [0.717, 1.165) is 11.3 Å². The van der Waals surface area contributed by atoms with Crippen LogP contribution in [-0.2, 0) is 4.79 Å². The van der Waals surface area contributed by atoms with Gasteiger partial charge in [0.15, 0.2) is 0 Å². The van der Waals surface area contributed by atoms with Gasteiger partial charge in [-0.2, -0.15) is 5.10 Å². The van der Waals surface area contributed by atoms with Crippen LogP contribution in [0.2, 0.25) is 5.02 Å². The number of amides is 1. The Morgan fingerprint density at radius 1 is 1.38 bits per heavy atom. The summed E-state index contributed by atoms with van der Waals surface area (Å²) < 4.78 is 5.36. The second kappa shape index (κ2) is 5.92. The molecular weight excluding hydrogens is 311 g/mol. The molecule has 1 aliphatic rings. The quantitative estimate of drug-likeness (QED) is 0.806. The number of halogens is 2. The Bertz CT molecular complexity index is 683. The fraction of sp³-hybridized carbons (Fsp3) is 0.200. The van der Waals surface area contributed by atoms with Gasteiger partial charge in [-0.3, -0.25) is 4.79 Å². The molecule has 0 bridgehead atoms. The van der Waals surface area contributed by atoms with E-state index < -0.39 is 0 Å². The van der Waals surface area contributed by atoms with E-state index in [0.29, 0.717) is 17.2 Å². The number of carbonyl (C=O) groups is 1. The van der Waals surface area contributed by atoms with Gasteiger partial charge in [-0.05, 0) is 29.8 Å². The van der Waals surface area contributed by atoms with Gasteiger partial charge in [0.25, 0.3) is 5.91 Å². The van der Waals surface area contributed by atoms with Gasteiger partial charge in [-0.25, -0.2) is 5.01 Å². The van der Waals surface area contributed by atoms with E-state index in [1.54, 1.807) is 18.4 Å². The van der Waals surface area contributed by atoms with Crippen molar-refractivity contribution in [1.82, 2.24) is 5.01 Å². The molecule has 3 rings (SSSR count). The van der Waals surface area contributed by atoms with E-state index in [-0.39, 0.29) is 17.8 Å². The maximum Gasteiger partial charge on any atom is 0.258 e. The third-order valence-corrected chi connectivity index (χ3v) is 3.78. The minimum atomic E-state index is -0.247. The summed E-state index contributed by atoms with van der Waals surface area (Å²) in [5, 5.41) is 6.40. The fourth-order valence-electron chi connectivity index (χ4n) is 2.37. The smallest absolute Gasteiger partial charge is 0.258 e. The average molecular weight is 323 g/mol. The largest absolute Gasteiger partial charge is 0.463 e. The highest BCUT2D eigenvalue weighted by Crippen LogP contribution is 2.33. The minimum Gasteiger partial charge on any atom is -0.463 e. The Kier molecular flexibility index (Phi) is 3.99. The monoisotopic (exact) mass is 322 g/mol. The van der Waals surface area contributed by atoms with Crippen LogP contribution in [0, 0.1) is 0 Å². The van der Waals surface area contributed by atoms with E-state index >= 15 is 0 Å². The number of furan rings is 1. The van der Waals surface area contributed by atoms with Crippen molar-refractivity contribution in [3.8, 4) is 0 Å². The topological polar surface area (TPSA) is 45.8 Å². The molecule has 1 amide bonds. The highest BCUT2D eigenvalue weighted by molar-refractivity contribution is 6.30. The Morgan fingerprint density at radius 2 is 2.24 bits per heavy atom. The molecule has 0 unspecified atom stereocenters. The number of hydrogen-bond acceptors (Lipinski definition) is 3. The first-order chi connectivity index (χ1) is 10.2. The maximum atomic E-state index is 12.0. The van der Waals surface area contributed by atoms with Crippen molar-refractivity contribution in [3.63, 3.8) is 0 Å². The number of carbonyl (C=O) groups excluding carboxylic acids is 1. The molecule has 2 aromatic rings. The van der Waals surface area contributed by atoms with Crippen LogP contribution in [0.3, 0.4) is 0 Å². The summed E-state index contributed by atoms with van der Waals surface area (Å²) in [5.74, 6) is 0.293. The molecule has 0 N–H and O–H groups in total. The van der Waals surface area contributed by atoms with Crippen LogP contribution in [0.1, 0.15) is 23.8 Å². The summed E-state index contributed by atoms with van der Waals surface area (Å²) in [4.78, 5) is 12.0.